The highest BCUT2D eigenvalue weighted by molar-refractivity contribution is 5.93. The predicted molar refractivity (Wildman–Crippen MR) is 110 cm³/mol. The average molecular weight is 367 g/mol. The Morgan fingerprint density at radius 2 is 2.04 bits per heavy atom. The summed E-state index contributed by atoms with van der Waals surface area (Å²) < 4.78 is 0. The quantitative estimate of drug-likeness (QED) is 0.819. The molecule has 1 N–H and O–H groups in total. The van der Waals surface area contributed by atoms with Gasteiger partial charge in [-0.05, 0) is 31.1 Å². The van der Waals surface area contributed by atoms with Gasteiger partial charge in [0.05, 0.1) is 0 Å². The molecule has 3 rings (SSSR count). The Morgan fingerprint density at radius 3 is 2.74 bits per heavy atom. The van der Waals surface area contributed by atoms with Gasteiger partial charge in [0.15, 0.2) is 5.82 Å². The zero-order valence-electron chi connectivity index (χ0n) is 16.6. The number of anilines is 1. The first kappa shape index (κ1) is 19.3. The van der Waals surface area contributed by atoms with Gasteiger partial charge in [-0.25, -0.2) is 9.97 Å². The molecule has 0 bridgehead atoms. The number of carbonyl (C=O) groups is 1. The van der Waals surface area contributed by atoms with E-state index >= 15 is 0 Å². The third-order valence-electron chi connectivity index (χ3n) is 4.95. The normalized spacial score (nSPS) is 17.2. The van der Waals surface area contributed by atoms with E-state index in [0.717, 1.165) is 43.9 Å². The van der Waals surface area contributed by atoms with Crippen molar-refractivity contribution in [3.63, 3.8) is 0 Å². The number of nitrogens with one attached hydrogen (secondary N) is 1. The van der Waals surface area contributed by atoms with Crippen LogP contribution < -0.4 is 5.32 Å². The van der Waals surface area contributed by atoms with E-state index in [2.05, 4.69) is 36.1 Å². The van der Waals surface area contributed by atoms with Crippen LogP contribution >= 0.6 is 0 Å². The molecule has 1 saturated heterocycles. The number of amides is 1. The van der Waals surface area contributed by atoms with Crippen molar-refractivity contribution in [1.29, 1.82) is 0 Å². The summed E-state index contributed by atoms with van der Waals surface area (Å²) in [5.41, 5.74) is 1.40. The van der Waals surface area contributed by atoms with Gasteiger partial charge >= 0.3 is 0 Å². The minimum Gasteiger partial charge on any atom is -0.370 e. The van der Waals surface area contributed by atoms with Gasteiger partial charge in [-0.1, -0.05) is 51.1 Å². The fourth-order valence-electron chi connectivity index (χ4n) is 3.39. The standard InChI is InChI=1S/C22H30N4O/c1-16(2)11-12-23-20-14-19(22(27)26-13-7-8-17(3)15-26)24-21(25-20)18-9-5-4-6-10-18/h4-6,9-10,14,16-17H,7-8,11-13,15H2,1-3H3,(H,23,24,25). The summed E-state index contributed by atoms with van der Waals surface area (Å²) in [6, 6.07) is 11.6. The molecule has 5 heteroatoms. The van der Waals surface area contributed by atoms with Crippen LogP contribution in [0.3, 0.4) is 0 Å². The van der Waals surface area contributed by atoms with Crippen molar-refractivity contribution >= 4 is 11.7 Å². The summed E-state index contributed by atoms with van der Waals surface area (Å²) in [7, 11) is 0. The van der Waals surface area contributed by atoms with Gasteiger partial charge in [0, 0.05) is 31.3 Å². The molecule has 2 heterocycles. The molecule has 1 aromatic carbocycles. The van der Waals surface area contributed by atoms with Crippen molar-refractivity contribution in [2.75, 3.05) is 25.0 Å². The van der Waals surface area contributed by atoms with E-state index in [1.807, 2.05) is 35.2 Å². The van der Waals surface area contributed by atoms with E-state index in [9.17, 15) is 4.79 Å². The summed E-state index contributed by atoms with van der Waals surface area (Å²) >= 11 is 0. The molecule has 1 aromatic heterocycles. The molecule has 0 saturated carbocycles. The van der Waals surface area contributed by atoms with Gasteiger partial charge < -0.3 is 10.2 Å². The fourth-order valence-corrected chi connectivity index (χ4v) is 3.39. The summed E-state index contributed by atoms with van der Waals surface area (Å²) in [4.78, 5) is 24.3. The number of likely N-dealkylation sites (tertiary alicyclic amines) is 1. The second-order valence-corrected chi connectivity index (χ2v) is 7.94. The Balaban J connectivity index is 1.88. The molecule has 144 valence electrons. The monoisotopic (exact) mass is 366 g/mol. The van der Waals surface area contributed by atoms with E-state index < -0.39 is 0 Å². The highest BCUT2D eigenvalue weighted by atomic mass is 16.2. The Morgan fingerprint density at radius 1 is 1.26 bits per heavy atom. The first-order chi connectivity index (χ1) is 13.0. The van der Waals surface area contributed by atoms with Crippen LogP contribution in [0.1, 0.15) is 50.5 Å². The lowest BCUT2D eigenvalue weighted by atomic mass is 10.00. The maximum atomic E-state index is 13.1. The molecular formula is C22H30N4O. The smallest absolute Gasteiger partial charge is 0.272 e. The first-order valence-corrected chi connectivity index (χ1v) is 10.0. The minimum atomic E-state index is 0.00745. The van der Waals surface area contributed by atoms with Crippen molar-refractivity contribution in [3.8, 4) is 11.4 Å². The number of nitrogens with zero attached hydrogens (tertiary/aromatic N) is 3. The molecular weight excluding hydrogens is 336 g/mol. The number of rotatable bonds is 6. The molecule has 27 heavy (non-hydrogen) atoms. The molecule has 0 aliphatic carbocycles. The van der Waals surface area contributed by atoms with Gasteiger partial charge in [-0.2, -0.15) is 0 Å². The summed E-state index contributed by atoms with van der Waals surface area (Å²) in [6.07, 6.45) is 3.30. The molecule has 0 spiro atoms. The van der Waals surface area contributed by atoms with Gasteiger partial charge in [0.2, 0.25) is 0 Å². The number of benzene rings is 1. The van der Waals surface area contributed by atoms with Gasteiger partial charge in [-0.3, -0.25) is 4.79 Å². The Hall–Kier alpha value is -2.43. The highest BCUT2D eigenvalue weighted by Gasteiger charge is 2.24. The average Bonchev–Trinajstić information content (AvgIpc) is 2.67. The SMILES string of the molecule is CC(C)CCNc1cc(C(=O)N2CCCC(C)C2)nc(-c2ccccc2)n1. The third kappa shape index (κ3) is 5.28. The van der Waals surface area contributed by atoms with E-state index in [4.69, 9.17) is 0 Å². The number of hydrogen-bond donors (Lipinski definition) is 1. The second kappa shape index (κ2) is 8.98. The fraction of sp³-hybridized carbons (Fsp3) is 0.500. The minimum absolute atomic E-state index is 0.00745. The lowest BCUT2D eigenvalue weighted by Gasteiger charge is -2.30. The van der Waals surface area contributed by atoms with Crippen molar-refractivity contribution in [1.82, 2.24) is 14.9 Å². The zero-order valence-corrected chi connectivity index (χ0v) is 16.6. The molecule has 5 nitrogen and oxygen atoms in total. The highest BCUT2D eigenvalue weighted by Crippen LogP contribution is 2.21. The van der Waals surface area contributed by atoms with Crippen LogP contribution in [0.2, 0.25) is 0 Å². The topological polar surface area (TPSA) is 58.1 Å². The van der Waals surface area contributed by atoms with E-state index in [0.29, 0.717) is 23.4 Å². The van der Waals surface area contributed by atoms with Crippen molar-refractivity contribution in [2.24, 2.45) is 11.8 Å². The predicted octanol–water partition coefficient (Wildman–Crippen LogP) is 4.47. The number of piperidine rings is 1. The Labute approximate surface area is 162 Å². The van der Waals surface area contributed by atoms with Crippen LogP contribution in [0.25, 0.3) is 11.4 Å². The van der Waals surface area contributed by atoms with Crippen LogP contribution in [-0.2, 0) is 0 Å². The molecule has 1 aliphatic rings. The van der Waals surface area contributed by atoms with Gasteiger partial charge in [0.25, 0.3) is 5.91 Å². The maximum absolute atomic E-state index is 13.1. The molecule has 1 amide bonds. The largest absolute Gasteiger partial charge is 0.370 e. The van der Waals surface area contributed by atoms with Crippen LogP contribution in [-0.4, -0.2) is 40.4 Å². The van der Waals surface area contributed by atoms with Gasteiger partial charge in [-0.15, -0.1) is 0 Å². The molecule has 1 unspecified atom stereocenters. The molecule has 2 aromatic rings. The van der Waals surface area contributed by atoms with Crippen LogP contribution in [0.4, 0.5) is 5.82 Å². The van der Waals surface area contributed by atoms with Crippen molar-refractivity contribution < 1.29 is 4.79 Å². The third-order valence-corrected chi connectivity index (χ3v) is 4.95. The lowest BCUT2D eigenvalue weighted by Crippen LogP contribution is -2.39. The molecule has 1 aliphatic heterocycles. The number of carbonyl (C=O) groups excluding carboxylic acids is 1. The first-order valence-electron chi connectivity index (χ1n) is 10.0. The van der Waals surface area contributed by atoms with Crippen LogP contribution in [0.5, 0.6) is 0 Å². The second-order valence-electron chi connectivity index (χ2n) is 7.94. The number of hydrogen-bond acceptors (Lipinski definition) is 4. The van der Waals surface area contributed by atoms with E-state index in [1.165, 1.54) is 6.42 Å². The number of aromatic nitrogens is 2. The van der Waals surface area contributed by atoms with Gasteiger partial charge in [0.1, 0.15) is 11.5 Å². The zero-order chi connectivity index (χ0) is 19.2. The van der Waals surface area contributed by atoms with Crippen LogP contribution in [0, 0.1) is 11.8 Å². The van der Waals surface area contributed by atoms with Crippen molar-refractivity contribution in [3.05, 3.63) is 42.1 Å². The molecule has 0 radical (unpaired) electrons. The summed E-state index contributed by atoms with van der Waals surface area (Å²) in [5, 5.41) is 3.37. The summed E-state index contributed by atoms with van der Waals surface area (Å²) in [5.74, 6) is 2.48. The van der Waals surface area contributed by atoms with E-state index in [1.54, 1.807) is 6.07 Å². The lowest BCUT2D eigenvalue weighted by molar-refractivity contribution is 0.0677. The Bertz CT molecular complexity index is 760. The Kier molecular flexibility index (Phi) is 6.43. The van der Waals surface area contributed by atoms with Crippen molar-refractivity contribution in [2.45, 2.75) is 40.0 Å². The van der Waals surface area contributed by atoms with Crippen LogP contribution in [0.15, 0.2) is 36.4 Å². The maximum Gasteiger partial charge on any atom is 0.272 e. The summed E-state index contributed by atoms with van der Waals surface area (Å²) in [6.45, 7) is 9.04. The van der Waals surface area contributed by atoms with E-state index in [-0.39, 0.29) is 5.91 Å². The molecule has 1 fully saturated rings. The molecule has 1 atom stereocenters.